The number of aromatic amines is 3. The molecule has 0 saturated heterocycles. The topological polar surface area (TPSA) is 205 Å². The van der Waals surface area contributed by atoms with Gasteiger partial charge in [0.05, 0.1) is 42.0 Å². The van der Waals surface area contributed by atoms with Crippen LogP contribution in [-0.4, -0.2) is 75.9 Å². The van der Waals surface area contributed by atoms with Gasteiger partial charge >= 0.3 is 0 Å². The summed E-state index contributed by atoms with van der Waals surface area (Å²) >= 11 is 0. The SMILES string of the molecule is c1ccc(C2(c3nncc4ccccc34)C(c3ccn[nH]3)=NC(c3ccc[nH]3)=C(c3ncc4[nH]cnc4n3)N2c2ncc3nccnc3n2)nc1. The van der Waals surface area contributed by atoms with Crippen molar-refractivity contribution in [2.24, 2.45) is 4.99 Å². The van der Waals surface area contributed by atoms with Crippen molar-refractivity contribution in [3.8, 4) is 0 Å². The Labute approximate surface area is 286 Å². The molecule has 0 bridgehead atoms. The van der Waals surface area contributed by atoms with Crippen LogP contribution < -0.4 is 4.90 Å². The summed E-state index contributed by atoms with van der Waals surface area (Å²) in [6.45, 7) is 0. The van der Waals surface area contributed by atoms with E-state index in [9.17, 15) is 0 Å². The van der Waals surface area contributed by atoms with Gasteiger partial charge in [-0.05, 0) is 30.3 Å². The van der Waals surface area contributed by atoms with Crippen molar-refractivity contribution >= 4 is 56.2 Å². The summed E-state index contributed by atoms with van der Waals surface area (Å²) in [5.74, 6) is 0.517. The van der Waals surface area contributed by atoms with Crippen molar-refractivity contribution in [1.82, 2.24) is 70.2 Å². The van der Waals surface area contributed by atoms with E-state index in [-0.39, 0.29) is 5.95 Å². The number of H-pyrrole nitrogens is 3. The average Bonchev–Trinajstić information content (AvgIpc) is 4.01. The van der Waals surface area contributed by atoms with Gasteiger partial charge in [-0.3, -0.25) is 15.0 Å². The maximum atomic E-state index is 5.50. The third-order valence-corrected chi connectivity index (χ3v) is 8.71. The fourth-order valence-electron chi connectivity index (χ4n) is 6.56. The summed E-state index contributed by atoms with van der Waals surface area (Å²) in [5, 5.41) is 18.6. The zero-order valence-corrected chi connectivity index (χ0v) is 26.3. The molecule has 3 N–H and O–H groups in total. The molecule has 10 rings (SSSR count). The first-order valence-electron chi connectivity index (χ1n) is 15.8. The molecule has 1 aromatic carbocycles. The van der Waals surface area contributed by atoms with E-state index >= 15 is 0 Å². The maximum Gasteiger partial charge on any atom is 0.233 e. The van der Waals surface area contributed by atoms with Crippen molar-refractivity contribution in [2.45, 2.75) is 5.54 Å². The molecule has 0 spiro atoms. The number of hydrogen-bond donors (Lipinski definition) is 3. The largest absolute Gasteiger partial charge is 0.360 e. The molecule has 0 amide bonds. The lowest BCUT2D eigenvalue weighted by Crippen LogP contribution is -2.56. The van der Waals surface area contributed by atoms with Gasteiger partial charge in [0.25, 0.3) is 0 Å². The Balaban J connectivity index is 1.44. The Kier molecular flexibility index (Phi) is 6.25. The van der Waals surface area contributed by atoms with Crippen LogP contribution in [0.3, 0.4) is 0 Å². The van der Waals surface area contributed by atoms with Gasteiger partial charge in [-0.1, -0.05) is 30.3 Å². The minimum Gasteiger partial charge on any atom is -0.360 e. The fraction of sp³-hybridized carbons (Fsp3) is 0.0286. The van der Waals surface area contributed by atoms with Crippen LogP contribution in [0.5, 0.6) is 0 Å². The average molecular weight is 667 g/mol. The molecular formula is C35H22N16. The lowest BCUT2D eigenvalue weighted by molar-refractivity contribution is 0.624. The second-order valence-electron chi connectivity index (χ2n) is 11.5. The molecule has 1 aliphatic rings. The molecule has 0 saturated carbocycles. The summed E-state index contributed by atoms with van der Waals surface area (Å²) in [4.78, 5) is 52.2. The van der Waals surface area contributed by atoms with Crippen LogP contribution in [-0.2, 0) is 5.54 Å². The van der Waals surface area contributed by atoms with Crippen LogP contribution >= 0.6 is 0 Å². The third kappa shape index (κ3) is 4.33. The van der Waals surface area contributed by atoms with E-state index in [4.69, 9.17) is 35.0 Å². The second-order valence-corrected chi connectivity index (χ2v) is 11.5. The number of aliphatic imine (C=N–C) groups is 1. The number of aromatic nitrogens is 14. The van der Waals surface area contributed by atoms with Crippen LogP contribution in [0, 0.1) is 0 Å². The van der Waals surface area contributed by atoms with E-state index in [1.165, 1.54) is 0 Å². The van der Waals surface area contributed by atoms with Gasteiger partial charge in [-0.15, -0.1) is 0 Å². The number of rotatable bonds is 6. The number of fused-ring (bicyclic) bond motifs is 3. The summed E-state index contributed by atoms with van der Waals surface area (Å²) in [5.41, 5.74) is 4.19. The Morgan fingerprint density at radius 1 is 0.686 bits per heavy atom. The zero-order valence-electron chi connectivity index (χ0n) is 26.3. The summed E-state index contributed by atoms with van der Waals surface area (Å²) in [7, 11) is 0. The van der Waals surface area contributed by atoms with Crippen molar-refractivity contribution in [3.63, 3.8) is 0 Å². The molecule has 9 heterocycles. The second kappa shape index (κ2) is 11.2. The quantitative estimate of drug-likeness (QED) is 0.228. The Morgan fingerprint density at radius 3 is 2.51 bits per heavy atom. The van der Waals surface area contributed by atoms with Crippen molar-refractivity contribution in [2.75, 3.05) is 4.90 Å². The predicted molar refractivity (Wildman–Crippen MR) is 187 cm³/mol. The summed E-state index contributed by atoms with van der Waals surface area (Å²) < 4.78 is 0. The highest BCUT2D eigenvalue weighted by Crippen LogP contribution is 2.50. The fourth-order valence-corrected chi connectivity index (χ4v) is 6.56. The molecule has 9 aromatic rings. The lowest BCUT2D eigenvalue weighted by atomic mass is 9.78. The third-order valence-electron chi connectivity index (χ3n) is 8.71. The van der Waals surface area contributed by atoms with Gasteiger partial charge in [-0.25, -0.2) is 34.9 Å². The highest BCUT2D eigenvalue weighted by molar-refractivity contribution is 6.20. The van der Waals surface area contributed by atoms with Gasteiger partial charge in [0.2, 0.25) is 5.95 Å². The van der Waals surface area contributed by atoms with Gasteiger partial charge in [0.1, 0.15) is 33.8 Å². The molecule has 51 heavy (non-hydrogen) atoms. The monoisotopic (exact) mass is 666 g/mol. The van der Waals surface area contributed by atoms with Gasteiger partial charge in [0, 0.05) is 41.8 Å². The molecule has 1 atom stereocenters. The Morgan fingerprint density at radius 2 is 1.63 bits per heavy atom. The zero-order chi connectivity index (χ0) is 33.8. The lowest BCUT2D eigenvalue weighted by Gasteiger charge is -2.46. The minimum absolute atomic E-state index is 0.222. The van der Waals surface area contributed by atoms with Crippen molar-refractivity contribution < 1.29 is 0 Å². The van der Waals surface area contributed by atoms with E-state index in [1.807, 2.05) is 71.8 Å². The first kappa shape index (κ1) is 28.4. The standard InChI is InChI=1S/C35H22N16/c1-2-7-21-20(6-1)16-45-50-29(21)35(26-9-3-4-11-38-26)30(23-10-13-44-49-23)46-27(22-8-5-12-36-22)28(33-40-17-25-32(47-33)43-19-42-25)51(35)34-41-18-24-31(48-34)39-15-14-37-24/h1-19,36H,(H,44,49)(H,40,42,43,47). The van der Waals surface area contributed by atoms with Crippen LogP contribution in [0.25, 0.3) is 44.5 Å². The molecule has 8 aromatic heterocycles. The Hall–Kier alpha value is -7.62. The number of anilines is 1. The molecule has 1 unspecified atom stereocenters. The summed E-state index contributed by atoms with van der Waals surface area (Å²) in [6, 6.07) is 19.2. The Bertz CT molecular complexity index is 2770. The summed E-state index contributed by atoms with van der Waals surface area (Å²) in [6.07, 6.45) is 15.0. The molecule has 16 nitrogen and oxygen atoms in total. The number of benzene rings is 1. The number of imidazole rings is 1. The van der Waals surface area contributed by atoms with E-state index in [2.05, 4.69) is 40.2 Å². The number of nitrogens with one attached hydrogen (secondary N) is 3. The first-order valence-corrected chi connectivity index (χ1v) is 15.8. The van der Waals surface area contributed by atoms with Crippen LogP contribution in [0.4, 0.5) is 5.95 Å². The predicted octanol–water partition coefficient (Wildman–Crippen LogP) is 4.25. The van der Waals surface area contributed by atoms with Gasteiger partial charge in [-0.2, -0.15) is 20.3 Å². The van der Waals surface area contributed by atoms with Crippen molar-refractivity contribution in [3.05, 3.63) is 145 Å². The van der Waals surface area contributed by atoms with E-state index < -0.39 is 5.54 Å². The molecule has 0 fully saturated rings. The van der Waals surface area contributed by atoms with Crippen LogP contribution in [0.1, 0.15) is 28.6 Å². The molecule has 242 valence electrons. The van der Waals surface area contributed by atoms with E-state index in [0.717, 1.165) is 10.8 Å². The molecular weight excluding hydrogens is 644 g/mol. The van der Waals surface area contributed by atoms with Crippen molar-refractivity contribution in [1.29, 1.82) is 0 Å². The first-order chi connectivity index (χ1) is 25.3. The highest BCUT2D eigenvalue weighted by Gasteiger charge is 2.56. The van der Waals surface area contributed by atoms with Crippen LogP contribution in [0.15, 0.2) is 122 Å². The molecule has 16 heteroatoms. The van der Waals surface area contributed by atoms with Gasteiger partial charge in [0.15, 0.2) is 22.7 Å². The van der Waals surface area contributed by atoms with E-state index in [1.54, 1.807) is 49.7 Å². The van der Waals surface area contributed by atoms with Crippen LogP contribution in [0.2, 0.25) is 0 Å². The number of pyridine rings is 1. The maximum absolute atomic E-state index is 5.50. The molecule has 1 aliphatic heterocycles. The van der Waals surface area contributed by atoms with Gasteiger partial charge < -0.3 is 9.97 Å². The number of hydrogen-bond acceptors (Lipinski definition) is 13. The minimum atomic E-state index is -1.53. The molecule has 0 radical (unpaired) electrons. The van der Waals surface area contributed by atoms with E-state index in [0.29, 0.717) is 68.0 Å². The highest BCUT2D eigenvalue weighted by atomic mass is 15.4. The molecule has 0 aliphatic carbocycles. The smallest absolute Gasteiger partial charge is 0.233 e. The normalized spacial score (nSPS) is 16.3. The number of nitrogens with zero attached hydrogens (tertiary/aromatic N) is 13.